The van der Waals surface area contributed by atoms with Crippen LogP contribution in [-0.2, 0) is 4.79 Å². The first-order chi connectivity index (χ1) is 9.47. The average Bonchev–Trinajstić information content (AvgIpc) is 2.38. The van der Waals surface area contributed by atoms with Gasteiger partial charge in [-0.05, 0) is 37.0 Å². The van der Waals surface area contributed by atoms with Crippen LogP contribution < -0.4 is 0 Å². The number of carboxylic acid groups (broad SMARTS) is 1. The highest BCUT2D eigenvalue weighted by atomic mass is 35.5. The van der Waals surface area contributed by atoms with E-state index in [0.29, 0.717) is 41.5 Å². The smallest absolute Gasteiger partial charge is 0.303 e. The third-order valence-corrected chi connectivity index (χ3v) is 4.07. The Morgan fingerprint density at radius 1 is 1.25 bits per heavy atom. The van der Waals surface area contributed by atoms with Crippen molar-refractivity contribution < 1.29 is 14.7 Å². The van der Waals surface area contributed by atoms with Crippen molar-refractivity contribution >= 4 is 35.1 Å². The summed E-state index contributed by atoms with van der Waals surface area (Å²) < 4.78 is 0. The highest BCUT2D eigenvalue weighted by Gasteiger charge is 2.25. The van der Waals surface area contributed by atoms with Crippen molar-refractivity contribution in [3.05, 3.63) is 33.8 Å². The van der Waals surface area contributed by atoms with Crippen molar-refractivity contribution in [2.24, 2.45) is 5.92 Å². The van der Waals surface area contributed by atoms with Crippen molar-refractivity contribution in [1.82, 2.24) is 4.90 Å². The van der Waals surface area contributed by atoms with E-state index >= 15 is 0 Å². The van der Waals surface area contributed by atoms with Gasteiger partial charge in [0.25, 0.3) is 5.91 Å². The number of piperidine rings is 1. The van der Waals surface area contributed by atoms with Gasteiger partial charge >= 0.3 is 5.97 Å². The molecule has 0 spiro atoms. The lowest BCUT2D eigenvalue weighted by molar-refractivity contribution is -0.138. The van der Waals surface area contributed by atoms with E-state index in [1.807, 2.05) is 0 Å². The number of halogens is 2. The molecule has 108 valence electrons. The van der Waals surface area contributed by atoms with Crippen molar-refractivity contribution in [2.45, 2.75) is 19.3 Å². The monoisotopic (exact) mass is 315 g/mol. The van der Waals surface area contributed by atoms with Gasteiger partial charge in [0.15, 0.2) is 0 Å². The molecule has 0 saturated carbocycles. The van der Waals surface area contributed by atoms with Gasteiger partial charge in [-0.1, -0.05) is 23.2 Å². The molecule has 4 nitrogen and oxygen atoms in total. The number of carbonyl (C=O) groups excluding carboxylic acids is 1. The van der Waals surface area contributed by atoms with Gasteiger partial charge in [0, 0.05) is 24.5 Å². The molecule has 2 rings (SSSR count). The van der Waals surface area contributed by atoms with Gasteiger partial charge in [-0.3, -0.25) is 9.59 Å². The van der Waals surface area contributed by atoms with E-state index in [1.54, 1.807) is 23.1 Å². The van der Waals surface area contributed by atoms with E-state index in [-0.39, 0.29) is 18.2 Å². The molecule has 20 heavy (non-hydrogen) atoms. The van der Waals surface area contributed by atoms with Gasteiger partial charge in [-0.25, -0.2) is 0 Å². The number of hydrogen-bond donors (Lipinski definition) is 1. The van der Waals surface area contributed by atoms with Crippen LogP contribution in [0.3, 0.4) is 0 Å². The summed E-state index contributed by atoms with van der Waals surface area (Å²) >= 11 is 11.8. The van der Waals surface area contributed by atoms with E-state index in [1.165, 1.54) is 0 Å². The molecule has 0 unspecified atom stereocenters. The van der Waals surface area contributed by atoms with Crippen LogP contribution in [0.5, 0.6) is 0 Å². The third kappa shape index (κ3) is 3.64. The molecule has 0 radical (unpaired) electrons. The minimum Gasteiger partial charge on any atom is -0.481 e. The van der Waals surface area contributed by atoms with E-state index < -0.39 is 5.97 Å². The fourth-order valence-electron chi connectivity index (χ4n) is 2.42. The Kier molecular flexibility index (Phi) is 4.89. The molecule has 0 aromatic heterocycles. The van der Waals surface area contributed by atoms with Crippen LogP contribution in [0.15, 0.2) is 18.2 Å². The Balaban J connectivity index is 1.99. The highest BCUT2D eigenvalue weighted by Crippen LogP contribution is 2.25. The number of nitrogens with zero attached hydrogens (tertiary/aromatic N) is 1. The molecule has 1 saturated heterocycles. The summed E-state index contributed by atoms with van der Waals surface area (Å²) in [6.45, 7) is 1.13. The minimum atomic E-state index is -0.782. The maximum absolute atomic E-state index is 12.3. The minimum absolute atomic E-state index is 0.125. The quantitative estimate of drug-likeness (QED) is 0.930. The van der Waals surface area contributed by atoms with Gasteiger partial charge in [-0.15, -0.1) is 0 Å². The normalized spacial score (nSPS) is 16.2. The fourth-order valence-corrected chi connectivity index (χ4v) is 2.91. The topological polar surface area (TPSA) is 57.6 Å². The van der Waals surface area contributed by atoms with E-state index in [0.717, 1.165) is 0 Å². The predicted octanol–water partition coefficient (Wildman–Crippen LogP) is 3.32. The van der Waals surface area contributed by atoms with Crippen LogP contribution in [0.2, 0.25) is 10.0 Å². The maximum Gasteiger partial charge on any atom is 0.303 e. The van der Waals surface area contributed by atoms with Crippen LogP contribution >= 0.6 is 23.2 Å². The fraction of sp³-hybridized carbons (Fsp3) is 0.429. The van der Waals surface area contributed by atoms with Crippen LogP contribution in [0.4, 0.5) is 0 Å². The Hall–Kier alpha value is -1.26. The zero-order chi connectivity index (χ0) is 14.7. The van der Waals surface area contributed by atoms with Crippen molar-refractivity contribution in [2.75, 3.05) is 13.1 Å². The first-order valence-corrected chi connectivity index (χ1v) is 7.19. The average molecular weight is 316 g/mol. The summed E-state index contributed by atoms with van der Waals surface area (Å²) in [5.41, 5.74) is 0.438. The number of amides is 1. The molecule has 1 aliphatic heterocycles. The largest absolute Gasteiger partial charge is 0.481 e. The second kappa shape index (κ2) is 6.46. The molecular formula is C14H15Cl2NO3. The van der Waals surface area contributed by atoms with E-state index in [9.17, 15) is 9.59 Å². The number of aliphatic carboxylic acids is 1. The molecule has 1 amide bonds. The summed E-state index contributed by atoms with van der Waals surface area (Å²) in [6, 6.07) is 4.81. The molecule has 1 fully saturated rings. The lowest BCUT2D eigenvalue weighted by atomic mass is 9.93. The first-order valence-electron chi connectivity index (χ1n) is 6.43. The predicted molar refractivity (Wildman–Crippen MR) is 77.3 cm³/mol. The second-order valence-electron chi connectivity index (χ2n) is 4.96. The lowest BCUT2D eigenvalue weighted by Crippen LogP contribution is -2.39. The van der Waals surface area contributed by atoms with Gasteiger partial charge in [-0.2, -0.15) is 0 Å². The molecule has 0 atom stereocenters. The summed E-state index contributed by atoms with van der Waals surface area (Å²) in [4.78, 5) is 24.7. The molecule has 1 N–H and O–H groups in total. The summed E-state index contributed by atoms with van der Waals surface area (Å²) in [6.07, 6.45) is 1.59. The Morgan fingerprint density at radius 3 is 2.45 bits per heavy atom. The van der Waals surface area contributed by atoms with Crippen LogP contribution in [0.25, 0.3) is 0 Å². The van der Waals surface area contributed by atoms with Crippen molar-refractivity contribution in [1.29, 1.82) is 0 Å². The molecule has 0 aliphatic carbocycles. The number of carboxylic acids is 1. The van der Waals surface area contributed by atoms with Gasteiger partial charge in [0.05, 0.1) is 10.6 Å². The van der Waals surface area contributed by atoms with Crippen LogP contribution in [0.1, 0.15) is 29.6 Å². The highest BCUT2D eigenvalue weighted by molar-refractivity contribution is 6.36. The molecule has 1 aromatic rings. The van der Waals surface area contributed by atoms with E-state index in [4.69, 9.17) is 28.3 Å². The van der Waals surface area contributed by atoms with Gasteiger partial charge in [0.1, 0.15) is 0 Å². The Bertz CT molecular complexity index is 525. The standard InChI is InChI=1S/C14H15Cl2NO3/c15-10-1-2-11(12(16)8-10)14(20)17-5-3-9(4-6-17)7-13(18)19/h1-2,8-9H,3-7H2,(H,18,19). The van der Waals surface area contributed by atoms with Crippen LogP contribution in [-0.4, -0.2) is 35.0 Å². The van der Waals surface area contributed by atoms with Crippen LogP contribution in [0, 0.1) is 5.92 Å². The maximum atomic E-state index is 12.3. The summed E-state index contributed by atoms with van der Waals surface area (Å²) in [7, 11) is 0. The Morgan fingerprint density at radius 2 is 1.90 bits per heavy atom. The third-order valence-electron chi connectivity index (χ3n) is 3.53. The lowest BCUT2D eigenvalue weighted by Gasteiger charge is -2.31. The number of likely N-dealkylation sites (tertiary alicyclic amines) is 1. The second-order valence-corrected chi connectivity index (χ2v) is 5.80. The first kappa shape index (κ1) is 15.1. The van der Waals surface area contributed by atoms with Gasteiger partial charge in [0.2, 0.25) is 0 Å². The molecule has 6 heteroatoms. The van der Waals surface area contributed by atoms with E-state index in [2.05, 4.69) is 0 Å². The van der Waals surface area contributed by atoms with Crippen molar-refractivity contribution in [3.63, 3.8) is 0 Å². The molecule has 1 aromatic carbocycles. The zero-order valence-corrected chi connectivity index (χ0v) is 12.3. The summed E-state index contributed by atoms with van der Waals surface area (Å²) in [5, 5.41) is 9.61. The number of carbonyl (C=O) groups is 2. The molecule has 0 bridgehead atoms. The molecule has 1 heterocycles. The SMILES string of the molecule is O=C(O)CC1CCN(C(=O)c2ccc(Cl)cc2Cl)CC1. The Labute approximate surface area is 127 Å². The summed E-state index contributed by atoms with van der Waals surface area (Å²) in [5.74, 6) is -0.756. The number of rotatable bonds is 3. The molecule has 1 aliphatic rings. The number of benzene rings is 1. The molecular weight excluding hydrogens is 301 g/mol. The van der Waals surface area contributed by atoms with Crippen molar-refractivity contribution in [3.8, 4) is 0 Å². The number of hydrogen-bond acceptors (Lipinski definition) is 2. The zero-order valence-electron chi connectivity index (χ0n) is 10.8. The van der Waals surface area contributed by atoms with Gasteiger partial charge < -0.3 is 10.0 Å².